The molecule has 0 amide bonds. The zero-order chi connectivity index (χ0) is 15.9. The molecule has 0 N–H and O–H groups in total. The van der Waals surface area contributed by atoms with Crippen LogP contribution in [0.15, 0.2) is 38.4 Å². The highest BCUT2D eigenvalue weighted by Gasteiger charge is 2.18. The molecule has 0 radical (unpaired) electrons. The number of aryl methyl sites for hydroxylation is 3. The van der Waals surface area contributed by atoms with Crippen LogP contribution in [0.2, 0.25) is 0 Å². The van der Waals surface area contributed by atoms with Gasteiger partial charge in [-0.1, -0.05) is 35.0 Å². The lowest BCUT2D eigenvalue weighted by atomic mass is 10.1. The minimum Gasteiger partial charge on any atom is -0.359 e. The lowest BCUT2D eigenvalue weighted by Gasteiger charge is -2.01. The fourth-order valence-electron chi connectivity index (χ4n) is 2.27. The summed E-state index contributed by atoms with van der Waals surface area (Å²) in [4.78, 5) is 24.4. The van der Waals surface area contributed by atoms with E-state index in [4.69, 9.17) is 4.52 Å². The van der Waals surface area contributed by atoms with Gasteiger partial charge in [-0.15, -0.1) is 0 Å². The molecular formula is C15H15N3O3S. The zero-order valence-corrected chi connectivity index (χ0v) is 13.3. The Balaban J connectivity index is 2.06. The molecule has 0 aliphatic rings. The molecule has 0 saturated heterocycles. The number of rotatable bonds is 3. The van der Waals surface area contributed by atoms with E-state index in [0.29, 0.717) is 17.1 Å². The normalized spacial score (nSPS) is 11.0. The van der Waals surface area contributed by atoms with Gasteiger partial charge in [-0.2, -0.15) is 0 Å². The molecule has 2 aromatic heterocycles. The zero-order valence-electron chi connectivity index (χ0n) is 12.5. The van der Waals surface area contributed by atoms with Crippen LogP contribution in [0.1, 0.15) is 22.6 Å². The van der Waals surface area contributed by atoms with E-state index in [9.17, 15) is 9.59 Å². The summed E-state index contributed by atoms with van der Waals surface area (Å²) in [5, 5.41) is 3.83. The summed E-state index contributed by atoms with van der Waals surface area (Å²) >= 11 is 0.861. The van der Waals surface area contributed by atoms with Crippen molar-refractivity contribution in [3.05, 3.63) is 67.0 Å². The van der Waals surface area contributed by atoms with Crippen LogP contribution in [-0.4, -0.2) is 13.7 Å². The molecule has 0 aliphatic heterocycles. The Morgan fingerprint density at radius 3 is 2.41 bits per heavy atom. The molecule has 0 bridgehead atoms. The molecule has 0 spiro atoms. The Morgan fingerprint density at radius 2 is 1.82 bits per heavy atom. The monoisotopic (exact) mass is 317 g/mol. The molecule has 6 nitrogen and oxygen atoms in total. The van der Waals surface area contributed by atoms with E-state index in [1.807, 2.05) is 31.2 Å². The van der Waals surface area contributed by atoms with Crippen LogP contribution < -0.4 is 10.6 Å². The Hall–Kier alpha value is -2.41. The molecule has 0 saturated carbocycles. The highest BCUT2D eigenvalue weighted by molar-refractivity contribution is 7.03. The van der Waals surface area contributed by atoms with E-state index in [2.05, 4.69) is 5.16 Å². The van der Waals surface area contributed by atoms with Crippen molar-refractivity contribution in [2.24, 2.45) is 0 Å². The van der Waals surface area contributed by atoms with Crippen molar-refractivity contribution in [3.63, 3.8) is 0 Å². The van der Waals surface area contributed by atoms with E-state index >= 15 is 0 Å². The highest BCUT2D eigenvalue weighted by atomic mass is 32.1. The van der Waals surface area contributed by atoms with E-state index in [1.165, 1.54) is 8.52 Å². The molecule has 0 aliphatic carbocycles. The van der Waals surface area contributed by atoms with Gasteiger partial charge in [0.05, 0.1) is 6.54 Å². The first kappa shape index (κ1) is 14.5. The SMILES string of the molecule is Cc1ccc(Cn2c(=O)sn(-c3c(C)noc3C)c2=O)cc1. The van der Waals surface area contributed by atoms with Crippen LogP contribution in [-0.2, 0) is 6.54 Å². The summed E-state index contributed by atoms with van der Waals surface area (Å²) in [6, 6.07) is 7.75. The lowest BCUT2D eigenvalue weighted by Crippen LogP contribution is -2.29. The number of hydrogen-bond donors (Lipinski definition) is 0. The van der Waals surface area contributed by atoms with Crippen LogP contribution in [0.4, 0.5) is 0 Å². The van der Waals surface area contributed by atoms with Gasteiger partial charge in [0.2, 0.25) is 0 Å². The van der Waals surface area contributed by atoms with Crippen molar-refractivity contribution >= 4 is 11.5 Å². The van der Waals surface area contributed by atoms with E-state index in [-0.39, 0.29) is 17.1 Å². The van der Waals surface area contributed by atoms with Crippen LogP contribution in [0.25, 0.3) is 5.69 Å². The second-order valence-corrected chi connectivity index (χ2v) is 6.08. The average Bonchev–Trinajstić information content (AvgIpc) is 2.95. The van der Waals surface area contributed by atoms with Crippen molar-refractivity contribution in [1.82, 2.24) is 13.7 Å². The van der Waals surface area contributed by atoms with Crippen LogP contribution in [0, 0.1) is 20.8 Å². The third kappa shape index (κ3) is 2.43. The molecule has 0 unspecified atom stereocenters. The van der Waals surface area contributed by atoms with Crippen LogP contribution in [0.3, 0.4) is 0 Å². The minimum atomic E-state index is -0.370. The number of nitrogens with zero attached hydrogens (tertiary/aromatic N) is 3. The second kappa shape index (κ2) is 5.42. The van der Waals surface area contributed by atoms with Crippen LogP contribution in [0.5, 0.6) is 0 Å². The third-order valence-corrected chi connectivity index (χ3v) is 4.35. The predicted molar refractivity (Wildman–Crippen MR) is 84.0 cm³/mol. The molecular weight excluding hydrogens is 302 g/mol. The predicted octanol–water partition coefficient (Wildman–Crippen LogP) is 2.02. The molecule has 22 heavy (non-hydrogen) atoms. The molecule has 2 heterocycles. The van der Waals surface area contributed by atoms with Gasteiger partial charge in [0.1, 0.15) is 11.4 Å². The van der Waals surface area contributed by atoms with Crippen molar-refractivity contribution in [1.29, 1.82) is 0 Å². The minimum absolute atomic E-state index is 0.255. The summed E-state index contributed by atoms with van der Waals surface area (Å²) < 4.78 is 7.64. The van der Waals surface area contributed by atoms with Crippen molar-refractivity contribution in [2.45, 2.75) is 27.3 Å². The lowest BCUT2D eigenvalue weighted by molar-refractivity contribution is 0.393. The van der Waals surface area contributed by atoms with Gasteiger partial charge in [-0.3, -0.25) is 4.79 Å². The van der Waals surface area contributed by atoms with Crippen molar-refractivity contribution in [2.75, 3.05) is 0 Å². The number of aromatic nitrogens is 3. The first-order valence-corrected chi connectivity index (χ1v) is 7.56. The standard InChI is InChI=1S/C15H15N3O3S/c1-9-4-6-12(7-5-9)8-17-14(19)18(22-15(17)20)13-10(2)16-21-11(13)3/h4-7H,8H2,1-3H3. The van der Waals surface area contributed by atoms with E-state index in [0.717, 1.165) is 22.7 Å². The number of hydrogen-bond acceptors (Lipinski definition) is 5. The summed E-state index contributed by atoms with van der Waals surface area (Å²) in [5.74, 6) is 0.517. The highest BCUT2D eigenvalue weighted by Crippen LogP contribution is 2.17. The number of benzene rings is 1. The Bertz CT molecular complexity index is 909. The average molecular weight is 317 g/mol. The molecule has 0 atom stereocenters. The molecule has 1 aromatic carbocycles. The maximum atomic E-state index is 12.5. The summed E-state index contributed by atoms with van der Waals surface area (Å²) in [6.07, 6.45) is 0. The smallest absolute Gasteiger partial charge is 0.346 e. The van der Waals surface area contributed by atoms with E-state index in [1.54, 1.807) is 13.8 Å². The van der Waals surface area contributed by atoms with Gasteiger partial charge < -0.3 is 4.52 Å². The summed E-state index contributed by atoms with van der Waals surface area (Å²) in [5.41, 5.74) is 2.81. The fourth-order valence-corrected chi connectivity index (χ4v) is 3.20. The first-order valence-electron chi connectivity index (χ1n) is 6.79. The van der Waals surface area contributed by atoms with Crippen molar-refractivity contribution in [3.8, 4) is 5.69 Å². The Morgan fingerprint density at radius 1 is 1.14 bits per heavy atom. The molecule has 114 valence electrons. The van der Waals surface area contributed by atoms with Gasteiger partial charge in [-0.25, -0.2) is 13.3 Å². The third-order valence-electron chi connectivity index (χ3n) is 3.45. The summed E-state index contributed by atoms with van der Waals surface area (Å²) in [7, 11) is 0. The van der Waals surface area contributed by atoms with Crippen molar-refractivity contribution < 1.29 is 4.52 Å². The van der Waals surface area contributed by atoms with Gasteiger partial charge in [0.25, 0.3) is 0 Å². The van der Waals surface area contributed by atoms with Gasteiger partial charge in [0.15, 0.2) is 5.76 Å². The van der Waals surface area contributed by atoms with Gasteiger partial charge in [0, 0.05) is 11.5 Å². The molecule has 3 aromatic rings. The largest absolute Gasteiger partial charge is 0.359 e. The fraction of sp³-hybridized carbons (Fsp3) is 0.267. The van der Waals surface area contributed by atoms with E-state index < -0.39 is 0 Å². The summed E-state index contributed by atoms with van der Waals surface area (Å²) in [6.45, 7) is 5.71. The Kier molecular flexibility index (Phi) is 3.58. The maximum absolute atomic E-state index is 12.5. The topological polar surface area (TPSA) is 70.0 Å². The van der Waals surface area contributed by atoms with Gasteiger partial charge in [-0.05, 0) is 26.3 Å². The molecule has 3 rings (SSSR count). The molecule has 0 fully saturated rings. The molecule has 7 heteroatoms. The van der Waals surface area contributed by atoms with Crippen LogP contribution >= 0.6 is 11.5 Å². The maximum Gasteiger partial charge on any atom is 0.346 e. The quantitative estimate of drug-likeness (QED) is 0.741. The van der Waals surface area contributed by atoms with Gasteiger partial charge >= 0.3 is 10.6 Å². The first-order chi connectivity index (χ1) is 10.5. The Labute approximate surface area is 130 Å². The second-order valence-electron chi connectivity index (χ2n) is 5.18.